The molecule has 1 aromatic carbocycles. The van der Waals surface area contributed by atoms with E-state index >= 15 is 0 Å². The summed E-state index contributed by atoms with van der Waals surface area (Å²) in [6, 6.07) is 11.1. The van der Waals surface area contributed by atoms with Crippen molar-refractivity contribution in [3.8, 4) is 0 Å². The first kappa shape index (κ1) is 22.7. The molecule has 0 atom stereocenters. The van der Waals surface area contributed by atoms with Crippen molar-refractivity contribution < 1.29 is 13.2 Å². The molecule has 9 heteroatoms. The molecule has 5 rings (SSSR count). The van der Waals surface area contributed by atoms with E-state index in [9.17, 15) is 13.2 Å². The van der Waals surface area contributed by atoms with Crippen LogP contribution in [0.1, 0.15) is 46.7 Å². The predicted molar refractivity (Wildman–Crippen MR) is 132 cm³/mol. The number of rotatable bonds is 4. The third kappa shape index (κ3) is 4.50. The van der Waals surface area contributed by atoms with Gasteiger partial charge in [0.25, 0.3) is 5.91 Å². The van der Waals surface area contributed by atoms with E-state index < -0.39 is 10.0 Å². The summed E-state index contributed by atoms with van der Waals surface area (Å²) in [6.45, 7) is 3.99. The number of pyridine rings is 1. The van der Waals surface area contributed by atoms with Gasteiger partial charge in [-0.3, -0.25) is 4.79 Å². The van der Waals surface area contributed by atoms with Crippen LogP contribution < -0.4 is 0 Å². The summed E-state index contributed by atoms with van der Waals surface area (Å²) in [5, 5.41) is 1.24. The minimum absolute atomic E-state index is 0.111. The number of benzene rings is 1. The van der Waals surface area contributed by atoms with Gasteiger partial charge in [-0.2, -0.15) is 4.31 Å². The Labute approximate surface area is 200 Å². The van der Waals surface area contributed by atoms with Gasteiger partial charge in [0.05, 0.1) is 5.56 Å². The van der Waals surface area contributed by atoms with Crippen LogP contribution in [0, 0.1) is 6.92 Å². The molecule has 4 heterocycles. The summed E-state index contributed by atoms with van der Waals surface area (Å²) >= 11 is 0. The van der Waals surface area contributed by atoms with Crippen LogP contribution in [0.2, 0.25) is 0 Å². The number of hydrogen-bond acceptors (Lipinski definition) is 5. The number of fused-ring (bicyclic) bond motifs is 3. The monoisotopic (exact) mass is 479 g/mol. The number of carbonyl (C=O) groups excluding carboxylic acids is 1. The van der Waals surface area contributed by atoms with Crippen LogP contribution >= 0.6 is 0 Å². The van der Waals surface area contributed by atoms with Gasteiger partial charge in [-0.1, -0.05) is 36.8 Å². The van der Waals surface area contributed by atoms with Crippen molar-refractivity contribution in [1.29, 1.82) is 0 Å². The van der Waals surface area contributed by atoms with Crippen LogP contribution in [0.4, 0.5) is 0 Å². The van der Waals surface area contributed by atoms with E-state index in [1.807, 2.05) is 43.3 Å². The number of aromatic nitrogens is 3. The largest absolute Gasteiger partial charge is 0.336 e. The van der Waals surface area contributed by atoms with Crippen molar-refractivity contribution in [3.63, 3.8) is 0 Å². The third-order valence-corrected chi connectivity index (χ3v) is 8.11. The molecule has 0 saturated carbocycles. The van der Waals surface area contributed by atoms with Crippen molar-refractivity contribution in [2.75, 3.05) is 26.2 Å². The Morgan fingerprint density at radius 1 is 0.971 bits per heavy atom. The number of nitrogens with zero attached hydrogens (tertiary/aromatic N) is 5. The first-order valence-corrected chi connectivity index (χ1v) is 13.3. The maximum atomic E-state index is 13.5. The fourth-order valence-corrected chi connectivity index (χ4v) is 5.88. The van der Waals surface area contributed by atoms with Gasteiger partial charge in [0.2, 0.25) is 10.0 Å². The average molecular weight is 480 g/mol. The smallest absolute Gasteiger partial charge is 0.256 e. The molecule has 1 fully saturated rings. The Balaban J connectivity index is 1.33. The minimum Gasteiger partial charge on any atom is -0.336 e. The van der Waals surface area contributed by atoms with E-state index in [1.54, 1.807) is 11.0 Å². The summed E-state index contributed by atoms with van der Waals surface area (Å²) in [4.78, 5) is 24.7. The number of carbonyl (C=O) groups is 1. The predicted octanol–water partition coefficient (Wildman–Crippen LogP) is 3.22. The minimum atomic E-state index is -3.55. The van der Waals surface area contributed by atoms with Crippen molar-refractivity contribution in [2.45, 2.75) is 39.2 Å². The highest BCUT2D eigenvalue weighted by Crippen LogP contribution is 2.25. The second kappa shape index (κ2) is 9.31. The molecule has 3 aromatic rings. The molecule has 0 unspecified atom stereocenters. The molecule has 0 spiro atoms. The van der Waals surface area contributed by atoms with E-state index in [4.69, 9.17) is 9.97 Å². The zero-order chi connectivity index (χ0) is 23.7. The van der Waals surface area contributed by atoms with Crippen LogP contribution in [0.3, 0.4) is 0 Å². The second-order valence-corrected chi connectivity index (χ2v) is 10.7. The summed E-state index contributed by atoms with van der Waals surface area (Å²) in [7, 11) is -3.55. The van der Waals surface area contributed by atoms with Crippen LogP contribution in [-0.2, 0) is 23.0 Å². The second-order valence-electron chi connectivity index (χ2n) is 8.92. The number of aryl methyl sites for hydroxylation is 3. The van der Waals surface area contributed by atoms with Gasteiger partial charge in [0, 0.05) is 50.2 Å². The molecule has 34 heavy (non-hydrogen) atoms. The SMILES string of the molecule is Cc1cc(C(=O)N2CCN(S(=O)(=O)/C=C\c3ccccc3)CC2)c2nc3n(c2n1)CCCCC3. The number of amides is 1. The van der Waals surface area contributed by atoms with E-state index in [2.05, 4.69) is 4.57 Å². The first-order chi connectivity index (χ1) is 16.4. The zero-order valence-electron chi connectivity index (χ0n) is 19.4. The molecule has 1 amide bonds. The molecule has 1 saturated heterocycles. The topological polar surface area (TPSA) is 88.4 Å². The molecule has 2 aliphatic rings. The van der Waals surface area contributed by atoms with E-state index in [-0.39, 0.29) is 19.0 Å². The van der Waals surface area contributed by atoms with E-state index in [0.717, 1.165) is 48.5 Å². The standard InChI is InChI=1S/C25H29N5O3S/c1-19-18-21(23-24(26-19)30-12-7-3-6-10-22(30)27-23)25(31)28-13-15-29(16-14-28)34(32,33)17-11-20-8-4-2-5-9-20/h2,4-5,8-9,11,17-18H,3,6-7,10,12-16H2,1H3/b17-11-. The van der Waals surface area contributed by atoms with Crippen LogP contribution in [0.25, 0.3) is 17.2 Å². The van der Waals surface area contributed by atoms with Crippen molar-refractivity contribution in [3.05, 3.63) is 64.5 Å². The van der Waals surface area contributed by atoms with Gasteiger partial charge in [-0.15, -0.1) is 0 Å². The van der Waals surface area contributed by atoms with Crippen LogP contribution in [0.15, 0.2) is 41.8 Å². The molecular formula is C25H29N5O3S. The molecular weight excluding hydrogens is 450 g/mol. The molecule has 0 radical (unpaired) electrons. The lowest BCUT2D eigenvalue weighted by atomic mass is 10.1. The van der Waals surface area contributed by atoms with Crippen LogP contribution in [-0.4, -0.2) is 64.2 Å². The molecule has 178 valence electrons. The lowest BCUT2D eigenvalue weighted by Crippen LogP contribution is -2.50. The lowest BCUT2D eigenvalue weighted by Gasteiger charge is -2.33. The van der Waals surface area contributed by atoms with Gasteiger partial charge in [0.1, 0.15) is 11.3 Å². The average Bonchev–Trinajstić information content (AvgIpc) is 3.03. The fourth-order valence-electron chi connectivity index (χ4n) is 4.71. The van der Waals surface area contributed by atoms with Gasteiger partial charge in [0.15, 0.2) is 5.65 Å². The van der Waals surface area contributed by atoms with Gasteiger partial charge < -0.3 is 9.47 Å². The highest BCUT2D eigenvalue weighted by atomic mass is 32.2. The summed E-state index contributed by atoms with van der Waals surface area (Å²) in [5.41, 5.74) is 3.62. The Morgan fingerprint density at radius 3 is 2.50 bits per heavy atom. The summed E-state index contributed by atoms with van der Waals surface area (Å²) in [6.07, 6.45) is 5.87. The highest BCUT2D eigenvalue weighted by molar-refractivity contribution is 7.92. The molecule has 0 aliphatic carbocycles. The van der Waals surface area contributed by atoms with E-state index in [1.165, 1.54) is 16.1 Å². The third-order valence-electron chi connectivity index (χ3n) is 6.54. The quantitative estimate of drug-likeness (QED) is 0.573. The number of piperazine rings is 1. The maximum Gasteiger partial charge on any atom is 0.256 e. The Kier molecular flexibility index (Phi) is 6.22. The number of imidazole rings is 1. The summed E-state index contributed by atoms with van der Waals surface area (Å²) in [5.74, 6) is 0.890. The van der Waals surface area contributed by atoms with Crippen molar-refractivity contribution >= 4 is 33.2 Å². The molecule has 2 aromatic heterocycles. The van der Waals surface area contributed by atoms with Crippen molar-refractivity contribution in [1.82, 2.24) is 23.7 Å². The first-order valence-electron chi connectivity index (χ1n) is 11.8. The van der Waals surface area contributed by atoms with Gasteiger partial charge in [-0.05, 0) is 37.5 Å². The summed E-state index contributed by atoms with van der Waals surface area (Å²) < 4.78 is 29.2. The number of sulfonamides is 1. The Bertz CT molecular complexity index is 1340. The number of hydrogen-bond donors (Lipinski definition) is 0. The maximum absolute atomic E-state index is 13.5. The Hall–Kier alpha value is -3.04. The highest BCUT2D eigenvalue weighted by Gasteiger charge is 2.30. The molecule has 0 bridgehead atoms. The van der Waals surface area contributed by atoms with Gasteiger partial charge >= 0.3 is 0 Å². The normalized spacial score (nSPS) is 17.7. The van der Waals surface area contributed by atoms with E-state index in [0.29, 0.717) is 24.2 Å². The van der Waals surface area contributed by atoms with Crippen molar-refractivity contribution in [2.24, 2.45) is 0 Å². The van der Waals surface area contributed by atoms with Crippen LogP contribution in [0.5, 0.6) is 0 Å². The zero-order valence-corrected chi connectivity index (χ0v) is 20.2. The Morgan fingerprint density at radius 2 is 1.74 bits per heavy atom. The van der Waals surface area contributed by atoms with Gasteiger partial charge in [-0.25, -0.2) is 18.4 Å². The molecule has 8 nitrogen and oxygen atoms in total. The molecule has 0 N–H and O–H groups in total. The molecule has 2 aliphatic heterocycles. The lowest BCUT2D eigenvalue weighted by molar-refractivity contribution is 0.0700. The fraction of sp³-hybridized carbons (Fsp3) is 0.400.